The van der Waals surface area contributed by atoms with Crippen molar-refractivity contribution in [2.45, 2.75) is 0 Å². The third-order valence-electron chi connectivity index (χ3n) is 3.73. The molecule has 0 fully saturated rings. The van der Waals surface area contributed by atoms with Crippen molar-refractivity contribution < 1.29 is 33.3 Å². The molecule has 0 spiro atoms. The van der Waals surface area contributed by atoms with Gasteiger partial charge in [-0.2, -0.15) is 0 Å². The van der Waals surface area contributed by atoms with Gasteiger partial charge in [-0.25, -0.2) is 0 Å². The van der Waals surface area contributed by atoms with Gasteiger partial charge in [0.2, 0.25) is 0 Å². The summed E-state index contributed by atoms with van der Waals surface area (Å²) in [5.74, 6) is 1.29. The topological polar surface area (TPSA) is 80.3 Å². The van der Waals surface area contributed by atoms with Crippen molar-refractivity contribution in [1.82, 2.24) is 0 Å². The molecular weight excluding hydrogens is 376 g/mol. The Kier molecular flexibility index (Phi) is 11.1. The first-order valence-electron chi connectivity index (χ1n) is 9.41. The van der Waals surface area contributed by atoms with Gasteiger partial charge in [0.05, 0.1) is 39.6 Å². The van der Waals surface area contributed by atoms with Gasteiger partial charge in [-0.15, -0.1) is 0 Å². The minimum atomic E-state index is 0.404. The zero-order valence-corrected chi connectivity index (χ0v) is 16.3. The molecular formula is C22H26O7. The maximum absolute atomic E-state index is 10.7. The minimum Gasteiger partial charge on any atom is -0.491 e. The molecule has 0 saturated carbocycles. The van der Waals surface area contributed by atoms with Crippen LogP contribution in [0.3, 0.4) is 0 Å². The summed E-state index contributed by atoms with van der Waals surface area (Å²) in [6.45, 7) is 3.56. The molecule has 2 rings (SSSR count). The summed E-state index contributed by atoms with van der Waals surface area (Å²) in [5, 5.41) is 0. The van der Waals surface area contributed by atoms with Crippen molar-refractivity contribution in [2.75, 3.05) is 52.9 Å². The van der Waals surface area contributed by atoms with Crippen molar-refractivity contribution in [3.05, 3.63) is 59.7 Å². The van der Waals surface area contributed by atoms with Crippen LogP contribution in [0.5, 0.6) is 11.5 Å². The van der Waals surface area contributed by atoms with E-state index < -0.39 is 0 Å². The highest BCUT2D eigenvalue weighted by molar-refractivity contribution is 5.75. The molecule has 0 radical (unpaired) electrons. The number of ether oxygens (including phenoxy) is 5. The lowest BCUT2D eigenvalue weighted by Gasteiger charge is -2.09. The molecule has 0 heterocycles. The Morgan fingerprint density at radius 3 is 1.31 bits per heavy atom. The lowest BCUT2D eigenvalue weighted by molar-refractivity contribution is 0.00499. The van der Waals surface area contributed by atoms with Gasteiger partial charge in [-0.1, -0.05) is 24.3 Å². The standard InChI is InChI=1S/C22H26O7/c23-17-19-3-1-5-21(15-19)28-13-11-26-9-7-25-8-10-27-12-14-29-22-6-2-4-20(16-22)18-24/h1-6,15-18H,7-14H2. The Balaban J connectivity index is 1.37. The molecule has 0 amide bonds. The van der Waals surface area contributed by atoms with Crippen LogP contribution < -0.4 is 9.47 Å². The van der Waals surface area contributed by atoms with Crippen molar-refractivity contribution in [2.24, 2.45) is 0 Å². The second-order valence-corrected chi connectivity index (χ2v) is 5.91. The van der Waals surface area contributed by atoms with Crippen molar-refractivity contribution >= 4 is 12.6 Å². The van der Waals surface area contributed by atoms with E-state index in [1.54, 1.807) is 48.5 Å². The molecule has 0 aliphatic rings. The Hall–Kier alpha value is -2.74. The van der Waals surface area contributed by atoms with Crippen molar-refractivity contribution in [1.29, 1.82) is 0 Å². The van der Waals surface area contributed by atoms with Gasteiger partial charge in [0.1, 0.15) is 37.3 Å². The molecule has 7 nitrogen and oxygen atoms in total. The summed E-state index contributed by atoms with van der Waals surface area (Å²) in [7, 11) is 0. The van der Waals surface area contributed by atoms with Crippen LogP contribution >= 0.6 is 0 Å². The second-order valence-electron chi connectivity index (χ2n) is 5.91. The number of rotatable bonds is 16. The van der Waals surface area contributed by atoms with E-state index in [9.17, 15) is 9.59 Å². The largest absolute Gasteiger partial charge is 0.491 e. The Labute approximate surface area is 170 Å². The molecule has 0 bridgehead atoms. The highest BCUT2D eigenvalue weighted by Crippen LogP contribution is 2.12. The summed E-state index contributed by atoms with van der Waals surface area (Å²) in [5.41, 5.74) is 1.16. The van der Waals surface area contributed by atoms with Gasteiger partial charge < -0.3 is 23.7 Å². The lowest BCUT2D eigenvalue weighted by atomic mass is 10.2. The first-order chi connectivity index (χ1) is 14.3. The summed E-state index contributed by atoms with van der Waals surface area (Å²) in [4.78, 5) is 21.4. The van der Waals surface area contributed by atoms with Crippen LogP contribution in [-0.2, 0) is 14.2 Å². The van der Waals surface area contributed by atoms with Gasteiger partial charge in [-0.3, -0.25) is 9.59 Å². The predicted octanol–water partition coefficient (Wildman–Crippen LogP) is 2.82. The third kappa shape index (κ3) is 9.84. The van der Waals surface area contributed by atoms with Crippen LogP contribution in [0.2, 0.25) is 0 Å². The van der Waals surface area contributed by atoms with E-state index in [1.165, 1.54) is 0 Å². The smallest absolute Gasteiger partial charge is 0.150 e. The first-order valence-corrected chi connectivity index (χ1v) is 9.41. The molecule has 0 atom stereocenters. The minimum absolute atomic E-state index is 0.404. The number of hydrogen-bond acceptors (Lipinski definition) is 7. The Morgan fingerprint density at radius 1 is 0.552 bits per heavy atom. The van der Waals surface area contributed by atoms with Gasteiger partial charge in [0, 0.05) is 11.1 Å². The zero-order valence-electron chi connectivity index (χ0n) is 16.3. The fraction of sp³-hybridized carbons (Fsp3) is 0.364. The monoisotopic (exact) mass is 402 g/mol. The molecule has 2 aromatic rings. The first kappa shape index (κ1) is 22.5. The van der Waals surface area contributed by atoms with Crippen LogP contribution in [0, 0.1) is 0 Å². The van der Waals surface area contributed by atoms with E-state index >= 15 is 0 Å². The van der Waals surface area contributed by atoms with E-state index in [-0.39, 0.29) is 0 Å². The Bertz CT molecular complexity index is 671. The zero-order chi connectivity index (χ0) is 20.6. The average molecular weight is 402 g/mol. The number of carbonyl (C=O) groups is 2. The van der Waals surface area contributed by atoms with Crippen LogP contribution in [0.4, 0.5) is 0 Å². The highest BCUT2D eigenvalue weighted by atomic mass is 16.6. The molecule has 0 aliphatic heterocycles. The summed E-state index contributed by atoms with van der Waals surface area (Å²) < 4.78 is 27.3. The number of carbonyl (C=O) groups excluding carboxylic acids is 2. The molecule has 0 aliphatic carbocycles. The lowest BCUT2D eigenvalue weighted by Crippen LogP contribution is -2.14. The van der Waals surface area contributed by atoms with E-state index in [0.29, 0.717) is 75.5 Å². The van der Waals surface area contributed by atoms with Gasteiger partial charge in [0.15, 0.2) is 0 Å². The van der Waals surface area contributed by atoms with Gasteiger partial charge >= 0.3 is 0 Å². The average Bonchev–Trinajstić information content (AvgIpc) is 2.77. The van der Waals surface area contributed by atoms with Gasteiger partial charge in [0.25, 0.3) is 0 Å². The van der Waals surface area contributed by atoms with Crippen LogP contribution in [0.15, 0.2) is 48.5 Å². The molecule has 2 aromatic carbocycles. The number of aldehydes is 2. The van der Waals surface area contributed by atoms with Crippen molar-refractivity contribution in [3.8, 4) is 11.5 Å². The quantitative estimate of drug-likeness (QED) is 0.315. The molecule has 0 N–H and O–H groups in total. The highest BCUT2D eigenvalue weighted by Gasteiger charge is 1.98. The van der Waals surface area contributed by atoms with Crippen LogP contribution in [0.1, 0.15) is 20.7 Å². The molecule has 29 heavy (non-hydrogen) atoms. The molecule has 156 valence electrons. The number of benzene rings is 2. The van der Waals surface area contributed by atoms with E-state index in [0.717, 1.165) is 12.6 Å². The molecule has 0 aromatic heterocycles. The summed E-state index contributed by atoms with van der Waals surface area (Å²) in [6.07, 6.45) is 1.57. The van der Waals surface area contributed by atoms with E-state index in [4.69, 9.17) is 23.7 Å². The van der Waals surface area contributed by atoms with E-state index in [2.05, 4.69) is 0 Å². The third-order valence-corrected chi connectivity index (χ3v) is 3.73. The second kappa shape index (κ2) is 14.3. The molecule has 7 heteroatoms. The van der Waals surface area contributed by atoms with Crippen molar-refractivity contribution in [3.63, 3.8) is 0 Å². The summed E-state index contributed by atoms with van der Waals surface area (Å²) >= 11 is 0. The molecule has 0 unspecified atom stereocenters. The summed E-state index contributed by atoms with van der Waals surface area (Å²) in [6, 6.07) is 13.9. The maximum atomic E-state index is 10.7. The fourth-order valence-corrected chi connectivity index (χ4v) is 2.33. The Morgan fingerprint density at radius 2 is 0.931 bits per heavy atom. The maximum Gasteiger partial charge on any atom is 0.150 e. The van der Waals surface area contributed by atoms with Crippen LogP contribution in [0.25, 0.3) is 0 Å². The molecule has 0 saturated heterocycles. The normalized spacial score (nSPS) is 10.5. The van der Waals surface area contributed by atoms with Gasteiger partial charge in [-0.05, 0) is 24.3 Å². The van der Waals surface area contributed by atoms with Crippen LogP contribution in [-0.4, -0.2) is 65.4 Å². The fourth-order valence-electron chi connectivity index (χ4n) is 2.33. The predicted molar refractivity (Wildman–Crippen MR) is 107 cm³/mol. The van der Waals surface area contributed by atoms with E-state index in [1.807, 2.05) is 0 Å². The SMILES string of the molecule is O=Cc1cccc(OCCOCCOCCOCCOc2cccc(C=O)c2)c1. The number of hydrogen-bond donors (Lipinski definition) is 0.